The highest BCUT2D eigenvalue weighted by atomic mass is 19.4. The molecule has 1 unspecified atom stereocenters. The lowest BCUT2D eigenvalue weighted by Crippen LogP contribution is -2.24. The molecule has 0 saturated heterocycles. The Labute approximate surface area is 82.4 Å². The van der Waals surface area contributed by atoms with Crippen LogP contribution in [0, 0.1) is 0 Å². The summed E-state index contributed by atoms with van der Waals surface area (Å²) < 4.78 is 40.6. The number of nitrogens with two attached hydrogens (primary N) is 1. The standard InChI is InChI=1S/C7H8F3N3O2/c1-15-6(14)4(11)5-12-2-3(13-5)7(8,9)10/h2,4H,11H2,1H3,(H,12,13). The molecule has 5 nitrogen and oxygen atoms in total. The Hall–Kier alpha value is -1.57. The van der Waals surface area contributed by atoms with Crippen molar-refractivity contribution >= 4 is 5.97 Å². The SMILES string of the molecule is COC(=O)C(N)c1ncc(C(F)(F)F)[nH]1. The van der Waals surface area contributed by atoms with Gasteiger partial charge in [-0.3, -0.25) is 0 Å². The van der Waals surface area contributed by atoms with Gasteiger partial charge >= 0.3 is 12.1 Å². The number of methoxy groups -OCH3 is 1. The van der Waals surface area contributed by atoms with E-state index in [4.69, 9.17) is 5.73 Å². The Kier molecular flexibility index (Phi) is 2.98. The molecule has 1 atom stereocenters. The molecule has 1 heterocycles. The average molecular weight is 223 g/mol. The van der Waals surface area contributed by atoms with Gasteiger partial charge in [-0.25, -0.2) is 9.78 Å². The van der Waals surface area contributed by atoms with Gasteiger partial charge in [0.2, 0.25) is 0 Å². The normalized spacial score (nSPS) is 13.7. The van der Waals surface area contributed by atoms with E-state index in [1.807, 2.05) is 4.98 Å². The summed E-state index contributed by atoms with van der Waals surface area (Å²) >= 11 is 0. The summed E-state index contributed by atoms with van der Waals surface area (Å²) in [5.74, 6) is -1.15. The number of carbonyl (C=O) groups is 1. The van der Waals surface area contributed by atoms with E-state index in [2.05, 4.69) is 9.72 Å². The number of aromatic nitrogens is 2. The van der Waals surface area contributed by atoms with E-state index >= 15 is 0 Å². The fourth-order valence-electron chi connectivity index (χ4n) is 0.877. The number of halogens is 3. The van der Waals surface area contributed by atoms with E-state index in [-0.39, 0.29) is 5.82 Å². The van der Waals surface area contributed by atoms with Crippen molar-refractivity contribution in [3.05, 3.63) is 17.7 Å². The van der Waals surface area contributed by atoms with Crippen LogP contribution in [0.3, 0.4) is 0 Å². The third kappa shape index (κ3) is 2.46. The molecule has 0 bridgehead atoms. The summed E-state index contributed by atoms with van der Waals surface area (Å²) in [6.45, 7) is 0. The number of carbonyl (C=O) groups excluding carboxylic acids is 1. The molecule has 0 spiro atoms. The lowest BCUT2D eigenvalue weighted by atomic mass is 10.3. The number of aromatic amines is 1. The predicted molar refractivity (Wildman–Crippen MR) is 42.5 cm³/mol. The van der Waals surface area contributed by atoms with Crippen molar-refractivity contribution in [2.75, 3.05) is 7.11 Å². The first-order valence-corrected chi connectivity index (χ1v) is 3.81. The zero-order valence-electron chi connectivity index (χ0n) is 7.63. The first-order chi connectivity index (χ1) is 6.86. The number of alkyl halides is 3. The molecule has 3 N–H and O–H groups in total. The second-order valence-electron chi connectivity index (χ2n) is 2.68. The molecule has 0 aliphatic heterocycles. The maximum absolute atomic E-state index is 12.1. The molecule has 0 amide bonds. The van der Waals surface area contributed by atoms with Crippen molar-refractivity contribution in [1.29, 1.82) is 0 Å². The minimum Gasteiger partial charge on any atom is -0.468 e. The summed E-state index contributed by atoms with van der Waals surface area (Å²) in [5.41, 5.74) is 4.21. The van der Waals surface area contributed by atoms with E-state index in [1.54, 1.807) is 0 Å². The number of imidazole rings is 1. The molecule has 0 radical (unpaired) electrons. The first-order valence-electron chi connectivity index (χ1n) is 3.81. The Bertz CT molecular complexity index is 361. The van der Waals surface area contributed by atoms with Gasteiger partial charge in [-0.2, -0.15) is 13.2 Å². The van der Waals surface area contributed by atoms with Gasteiger partial charge in [-0.1, -0.05) is 0 Å². The molecule has 0 aromatic carbocycles. The summed E-state index contributed by atoms with van der Waals surface area (Å²) in [6, 6.07) is -1.34. The molecular weight excluding hydrogens is 215 g/mol. The summed E-state index contributed by atoms with van der Waals surface area (Å²) in [5, 5.41) is 0. The molecule has 0 saturated carbocycles. The van der Waals surface area contributed by atoms with Crippen LogP contribution in [-0.4, -0.2) is 23.0 Å². The summed E-state index contributed by atoms with van der Waals surface area (Å²) in [6.07, 6.45) is -3.97. The number of hydrogen-bond acceptors (Lipinski definition) is 4. The third-order valence-corrected chi connectivity index (χ3v) is 1.65. The number of rotatable bonds is 2. The Balaban J connectivity index is 2.89. The minimum absolute atomic E-state index is 0.283. The van der Waals surface area contributed by atoms with Gasteiger partial charge in [0.15, 0.2) is 6.04 Å². The van der Waals surface area contributed by atoms with Gasteiger partial charge in [-0.05, 0) is 0 Å². The Morgan fingerprint density at radius 3 is 2.67 bits per heavy atom. The Morgan fingerprint density at radius 1 is 1.67 bits per heavy atom. The summed E-state index contributed by atoms with van der Waals surface area (Å²) in [7, 11) is 1.08. The lowest BCUT2D eigenvalue weighted by Gasteiger charge is -2.06. The van der Waals surface area contributed by atoms with Crippen LogP contribution in [0.1, 0.15) is 17.6 Å². The molecule has 0 fully saturated rings. The number of ether oxygens (including phenoxy) is 1. The lowest BCUT2D eigenvalue weighted by molar-refractivity contribution is -0.143. The number of hydrogen-bond donors (Lipinski definition) is 2. The zero-order chi connectivity index (χ0) is 11.6. The fraction of sp³-hybridized carbons (Fsp3) is 0.429. The van der Waals surface area contributed by atoms with Gasteiger partial charge in [-0.15, -0.1) is 0 Å². The van der Waals surface area contributed by atoms with Gasteiger partial charge in [0, 0.05) is 0 Å². The first kappa shape index (κ1) is 11.5. The average Bonchev–Trinajstić information content (AvgIpc) is 2.63. The monoisotopic (exact) mass is 223 g/mol. The number of H-pyrrole nitrogens is 1. The van der Waals surface area contributed by atoms with Crippen molar-refractivity contribution in [1.82, 2.24) is 9.97 Å². The summed E-state index contributed by atoms with van der Waals surface area (Å²) in [4.78, 5) is 16.1. The highest BCUT2D eigenvalue weighted by molar-refractivity contribution is 5.76. The van der Waals surface area contributed by atoms with Crippen LogP contribution >= 0.6 is 0 Å². The zero-order valence-corrected chi connectivity index (χ0v) is 7.63. The molecule has 8 heteroatoms. The molecule has 0 aliphatic rings. The minimum atomic E-state index is -4.54. The van der Waals surface area contributed by atoms with Gasteiger partial charge < -0.3 is 15.5 Å². The van der Waals surface area contributed by atoms with E-state index in [1.165, 1.54) is 0 Å². The van der Waals surface area contributed by atoms with Crippen molar-refractivity contribution in [3.8, 4) is 0 Å². The van der Waals surface area contributed by atoms with Crippen LogP contribution in [-0.2, 0) is 15.7 Å². The largest absolute Gasteiger partial charge is 0.468 e. The van der Waals surface area contributed by atoms with Gasteiger partial charge in [0.1, 0.15) is 11.5 Å². The highest BCUT2D eigenvalue weighted by Gasteiger charge is 2.34. The highest BCUT2D eigenvalue weighted by Crippen LogP contribution is 2.27. The molecule has 0 aliphatic carbocycles. The van der Waals surface area contributed by atoms with Crippen LogP contribution in [0.2, 0.25) is 0 Å². The molecular formula is C7H8F3N3O2. The van der Waals surface area contributed by atoms with Crippen LogP contribution in [0.25, 0.3) is 0 Å². The van der Waals surface area contributed by atoms with E-state index < -0.39 is 23.9 Å². The molecule has 15 heavy (non-hydrogen) atoms. The van der Waals surface area contributed by atoms with Crippen molar-refractivity contribution in [2.24, 2.45) is 5.73 Å². The smallest absolute Gasteiger partial charge is 0.432 e. The Morgan fingerprint density at radius 2 is 2.27 bits per heavy atom. The van der Waals surface area contributed by atoms with Crippen molar-refractivity contribution < 1.29 is 22.7 Å². The van der Waals surface area contributed by atoms with Crippen LogP contribution in [0.4, 0.5) is 13.2 Å². The van der Waals surface area contributed by atoms with E-state index in [9.17, 15) is 18.0 Å². The molecule has 1 aromatic heterocycles. The second-order valence-corrected chi connectivity index (χ2v) is 2.68. The topological polar surface area (TPSA) is 81.0 Å². The van der Waals surface area contributed by atoms with Crippen LogP contribution < -0.4 is 5.73 Å². The molecule has 1 rings (SSSR count). The number of nitrogens with zero attached hydrogens (tertiary/aromatic N) is 1. The fourth-order valence-corrected chi connectivity index (χ4v) is 0.877. The second kappa shape index (κ2) is 3.89. The maximum atomic E-state index is 12.1. The third-order valence-electron chi connectivity index (χ3n) is 1.65. The van der Waals surface area contributed by atoms with Crippen LogP contribution in [0.5, 0.6) is 0 Å². The number of esters is 1. The van der Waals surface area contributed by atoms with Gasteiger partial charge in [0.25, 0.3) is 0 Å². The quantitative estimate of drug-likeness (QED) is 0.719. The van der Waals surface area contributed by atoms with E-state index in [0.717, 1.165) is 7.11 Å². The van der Waals surface area contributed by atoms with Crippen molar-refractivity contribution in [2.45, 2.75) is 12.2 Å². The number of nitrogens with one attached hydrogen (secondary N) is 1. The predicted octanol–water partition coefficient (Wildman–Crippen LogP) is 0.601. The maximum Gasteiger partial charge on any atom is 0.432 e. The van der Waals surface area contributed by atoms with Gasteiger partial charge in [0.05, 0.1) is 13.3 Å². The van der Waals surface area contributed by atoms with Crippen molar-refractivity contribution in [3.63, 3.8) is 0 Å². The molecule has 84 valence electrons. The molecule has 1 aromatic rings. The van der Waals surface area contributed by atoms with Crippen LogP contribution in [0.15, 0.2) is 6.20 Å². The van der Waals surface area contributed by atoms with E-state index in [0.29, 0.717) is 6.20 Å².